The van der Waals surface area contributed by atoms with E-state index in [-0.39, 0.29) is 5.91 Å². The third-order valence-electron chi connectivity index (χ3n) is 4.48. The normalized spacial score (nSPS) is 16.3. The number of carboxylic acid groups (broad SMARTS) is 1. The molecular weight excluding hydrogens is 401 g/mol. The maximum atomic E-state index is 12.8. The number of benzene rings is 1. The van der Waals surface area contributed by atoms with Crippen LogP contribution in [0.15, 0.2) is 42.7 Å². The molecule has 7 nitrogen and oxygen atoms in total. The van der Waals surface area contributed by atoms with Crippen LogP contribution in [0.2, 0.25) is 0 Å². The average Bonchev–Trinajstić information content (AvgIpc) is 3.00. The molecule has 0 aliphatic carbocycles. The molecule has 10 heteroatoms. The molecule has 3 rings (SSSR count). The summed E-state index contributed by atoms with van der Waals surface area (Å²) < 4.78 is 33.9. The van der Waals surface area contributed by atoms with Crippen LogP contribution in [0.5, 0.6) is 0 Å². The van der Waals surface area contributed by atoms with Gasteiger partial charge in [-0.2, -0.15) is 13.2 Å². The summed E-state index contributed by atoms with van der Waals surface area (Å²) in [5.41, 5.74) is 1.06. The van der Waals surface area contributed by atoms with E-state index in [4.69, 9.17) is 9.90 Å². The van der Waals surface area contributed by atoms with Gasteiger partial charge in [0.05, 0.1) is 13.0 Å². The van der Waals surface area contributed by atoms with Crippen molar-refractivity contribution in [3.05, 3.63) is 54.1 Å². The molecule has 0 radical (unpaired) electrons. The molecule has 1 aliphatic rings. The van der Waals surface area contributed by atoms with E-state index in [1.54, 1.807) is 0 Å². The summed E-state index contributed by atoms with van der Waals surface area (Å²) in [5, 5.41) is 7.12. The van der Waals surface area contributed by atoms with Gasteiger partial charge in [0.25, 0.3) is 0 Å². The molecule has 1 atom stereocenters. The summed E-state index contributed by atoms with van der Waals surface area (Å²) >= 11 is 0. The van der Waals surface area contributed by atoms with E-state index in [0.29, 0.717) is 18.9 Å². The van der Waals surface area contributed by atoms with Gasteiger partial charge in [-0.25, -0.2) is 9.78 Å². The monoisotopic (exact) mass is 426 g/mol. The lowest BCUT2D eigenvalue weighted by Gasteiger charge is -2.26. The van der Waals surface area contributed by atoms with Crippen molar-refractivity contribution in [2.75, 3.05) is 27.2 Å². The Bertz CT molecular complexity index is 837. The van der Waals surface area contributed by atoms with Gasteiger partial charge in [0, 0.05) is 37.9 Å². The van der Waals surface area contributed by atoms with Crippen molar-refractivity contribution in [2.45, 2.75) is 25.7 Å². The molecule has 2 aromatic rings. The first-order valence-electron chi connectivity index (χ1n) is 9.32. The minimum absolute atomic E-state index is 0.177. The van der Waals surface area contributed by atoms with Crippen LogP contribution in [0.1, 0.15) is 11.4 Å². The summed E-state index contributed by atoms with van der Waals surface area (Å²) in [6, 6.07) is 9.95. The molecular formula is C20H25F3N4O3. The summed E-state index contributed by atoms with van der Waals surface area (Å²) in [6.07, 6.45) is -0.785. The molecule has 0 saturated carbocycles. The van der Waals surface area contributed by atoms with Crippen LogP contribution in [0.3, 0.4) is 0 Å². The highest BCUT2D eigenvalue weighted by Crippen LogP contribution is 2.17. The van der Waals surface area contributed by atoms with Crippen LogP contribution in [0.25, 0.3) is 0 Å². The fourth-order valence-corrected chi connectivity index (χ4v) is 3.24. The third-order valence-corrected chi connectivity index (χ3v) is 4.48. The number of aliphatic carboxylic acids is 1. The lowest BCUT2D eigenvalue weighted by molar-refractivity contribution is -0.192. The van der Waals surface area contributed by atoms with Gasteiger partial charge < -0.3 is 19.5 Å². The molecule has 0 fully saturated rings. The van der Waals surface area contributed by atoms with Crippen LogP contribution in [-0.2, 0) is 29.1 Å². The number of carbonyl (C=O) groups excluding carboxylic acids is 1. The number of rotatable bonds is 4. The highest BCUT2D eigenvalue weighted by atomic mass is 19.4. The van der Waals surface area contributed by atoms with Crippen molar-refractivity contribution in [2.24, 2.45) is 5.92 Å². The van der Waals surface area contributed by atoms with Gasteiger partial charge in [-0.15, -0.1) is 0 Å². The molecule has 1 amide bonds. The lowest BCUT2D eigenvalue weighted by Crippen LogP contribution is -2.38. The zero-order chi connectivity index (χ0) is 22.3. The predicted octanol–water partition coefficient (Wildman–Crippen LogP) is 2.28. The summed E-state index contributed by atoms with van der Waals surface area (Å²) in [6.45, 7) is 3.27. The molecule has 0 bridgehead atoms. The average molecular weight is 426 g/mol. The first-order valence-corrected chi connectivity index (χ1v) is 9.32. The van der Waals surface area contributed by atoms with Crippen LogP contribution in [0.4, 0.5) is 13.2 Å². The van der Waals surface area contributed by atoms with Gasteiger partial charge in [-0.1, -0.05) is 30.3 Å². The molecule has 0 saturated heterocycles. The van der Waals surface area contributed by atoms with Crippen molar-refractivity contribution in [1.82, 2.24) is 19.4 Å². The predicted molar refractivity (Wildman–Crippen MR) is 104 cm³/mol. The molecule has 1 unspecified atom stereocenters. The number of aromatic nitrogens is 2. The van der Waals surface area contributed by atoms with Crippen molar-refractivity contribution in [3.63, 3.8) is 0 Å². The quantitative estimate of drug-likeness (QED) is 0.812. The molecule has 1 N–H and O–H groups in total. The standard InChI is InChI=1S/C18H24N4O.C2HF3O2/c1-20(2)11-16-12-21-9-8-19-17(21)14-22(13-16)18(23)10-15-6-4-3-5-7-15;3-2(4,5)1(6)7/h3-9,16H,10-14H2,1-2H3;(H,6,7). The largest absolute Gasteiger partial charge is 0.490 e. The Morgan fingerprint density at radius 2 is 1.83 bits per heavy atom. The van der Waals surface area contributed by atoms with Gasteiger partial charge in [0.2, 0.25) is 5.91 Å². The summed E-state index contributed by atoms with van der Waals surface area (Å²) in [4.78, 5) is 30.2. The number of carbonyl (C=O) groups is 2. The Morgan fingerprint density at radius 1 is 1.20 bits per heavy atom. The van der Waals surface area contributed by atoms with Crippen LogP contribution in [0, 0.1) is 5.92 Å². The van der Waals surface area contributed by atoms with E-state index >= 15 is 0 Å². The molecule has 1 aromatic carbocycles. The Labute approximate surface area is 172 Å². The highest BCUT2D eigenvalue weighted by molar-refractivity contribution is 5.78. The second-order valence-corrected chi connectivity index (χ2v) is 7.36. The van der Waals surface area contributed by atoms with Crippen molar-refractivity contribution >= 4 is 11.9 Å². The fourth-order valence-electron chi connectivity index (χ4n) is 3.24. The first kappa shape index (κ1) is 23.4. The van der Waals surface area contributed by atoms with Crippen molar-refractivity contribution in [1.29, 1.82) is 0 Å². The maximum Gasteiger partial charge on any atom is 0.490 e. The molecule has 0 spiro atoms. The number of imidazole rings is 1. The van der Waals surface area contributed by atoms with Gasteiger partial charge in [-0.05, 0) is 19.7 Å². The van der Waals surface area contributed by atoms with Gasteiger partial charge >= 0.3 is 12.1 Å². The number of carboxylic acids is 1. The zero-order valence-electron chi connectivity index (χ0n) is 16.8. The lowest BCUT2D eigenvalue weighted by atomic mass is 10.1. The topological polar surface area (TPSA) is 78.7 Å². The minimum atomic E-state index is -5.08. The van der Waals surface area contributed by atoms with E-state index in [2.05, 4.69) is 28.5 Å². The van der Waals surface area contributed by atoms with Gasteiger partial charge in [0.15, 0.2) is 0 Å². The Morgan fingerprint density at radius 3 is 2.40 bits per heavy atom. The van der Waals surface area contributed by atoms with Gasteiger partial charge in [-0.3, -0.25) is 4.79 Å². The molecule has 1 aromatic heterocycles. The molecule has 2 heterocycles. The number of halogens is 3. The number of amides is 1. The molecule has 30 heavy (non-hydrogen) atoms. The number of alkyl halides is 3. The Balaban J connectivity index is 0.000000396. The number of fused-ring (bicyclic) bond motifs is 1. The van der Waals surface area contributed by atoms with Crippen LogP contribution in [-0.4, -0.2) is 69.7 Å². The highest BCUT2D eigenvalue weighted by Gasteiger charge is 2.38. The van der Waals surface area contributed by atoms with E-state index in [9.17, 15) is 18.0 Å². The van der Waals surface area contributed by atoms with Crippen molar-refractivity contribution < 1.29 is 27.9 Å². The Hall–Kier alpha value is -2.88. The fraction of sp³-hybridized carbons (Fsp3) is 0.450. The van der Waals surface area contributed by atoms with E-state index in [1.165, 1.54) is 0 Å². The van der Waals surface area contributed by atoms with E-state index in [0.717, 1.165) is 31.0 Å². The van der Waals surface area contributed by atoms with Gasteiger partial charge in [0.1, 0.15) is 5.82 Å². The molecule has 1 aliphatic heterocycles. The Kier molecular flexibility index (Phi) is 7.99. The first-order chi connectivity index (χ1) is 14.1. The van der Waals surface area contributed by atoms with Crippen LogP contribution >= 0.6 is 0 Å². The SMILES string of the molecule is CN(C)CC1CN(C(=O)Cc2ccccc2)Cc2nccn2C1.O=C(O)C(F)(F)F. The third kappa shape index (κ3) is 7.18. The van der Waals surface area contributed by atoms with Crippen LogP contribution < -0.4 is 0 Å². The maximum absolute atomic E-state index is 12.8. The second-order valence-electron chi connectivity index (χ2n) is 7.36. The minimum Gasteiger partial charge on any atom is -0.475 e. The molecule has 164 valence electrons. The smallest absolute Gasteiger partial charge is 0.475 e. The number of nitrogens with zero attached hydrogens (tertiary/aromatic N) is 4. The summed E-state index contributed by atoms with van der Waals surface area (Å²) in [7, 11) is 4.16. The number of hydrogen-bond acceptors (Lipinski definition) is 4. The summed E-state index contributed by atoms with van der Waals surface area (Å²) in [5.74, 6) is -1.18. The number of hydrogen-bond donors (Lipinski definition) is 1. The van der Waals surface area contributed by atoms with Crippen molar-refractivity contribution in [3.8, 4) is 0 Å². The second kappa shape index (κ2) is 10.2. The van der Waals surface area contributed by atoms with E-state index < -0.39 is 12.1 Å². The zero-order valence-corrected chi connectivity index (χ0v) is 16.8. The van der Waals surface area contributed by atoms with E-state index in [1.807, 2.05) is 47.6 Å².